The van der Waals surface area contributed by atoms with Crippen LogP contribution in [0.5, 0.6) is 23.0 Å². The van der Waals surface area contributed by atoms with Gasteiger partial charge in [-0.15, -0.1) is 0 Å². The van der Waals surface area contributed by atoms with Gasteiger partial charge in [-0.25, -0.2) is 9.59 Å². The molecule has 2 rings (SSSR count). The largest absolute Gasteiger partial charge is 0.493 e. The van der Waals surface area contributed by atoms with Crippen LogP contribution in [-0.4, -0.2) is 63.6 Å². The third kappa shape index (κ3) is 9.78. The molecule has 0 bridgehead atoms. The molecule has 2 N–H and O–H groups in total. The van der Waals surface area contributed by atoms with Gasteiger partial charge in [0.05, 0.1) is 61.5 Å². The highest BCUT2D eigenvalue weighted by atomic mass is 16.6. The summed E-state index contributed by atoms with van der Waals surface area (Å²) in [7, 11) is 5.51. The molecule has 0 aromatic heterocycles. The Morgan fingerprint density at radius 1 is 0.636 bits per heavy atom. The minimum absolute atomic E-state index is 0.158. The monoisotopic (exact) mass is 622 g/mol. The highest BCUT2D eigenvalue weighted by molar-refractivity contribution is 5.68. The van der Waals surface area contributed by atoms with Crippen LogP contribution in [0.25, 0.3) is 0 Å². The van der Waals surface area contributed by atoms with Gasteiger partial charge in [-0.3, -0.25) is 20.2 Å². The minimum atomic E-state index is -0.929. The Balaban J connectivity index is 1.72. The lowest BCUT2D eigenvalue weighted by atomic mass is 10.1. The average molecular weight is 623 g/mol. The molecule has 242 valence electrons. The maximum Gasteiger partial charge on any atom is 0.407 e. The van der Waals surface area contributed by atoms with Crippen molar-refractivity contribution in [2.75, 3.05) is 41.5 Å². The van der Waals surface area contributed by atoms with E-state index in [9.17, 15) is 29.8 Å². The zero-order valence-electron chi connectivity index (χ0n) is 25.5. The zero-order valence-corrected chi connectivity index (χ0v) is 25.5. The molecule has 0 heterocycles. The van der Waals surface area contributed by atoms with Gasteiger partial charge in [0.15, 0.2) is 23.0 Å². The molecular formula is C28H38N4O12. The van der Waals surface area contributed by atoms with E-state index in [1.807, 2.05) is 0 Å². The second-order valence-corrected chi connectivity index (χ2v) is 9.41. The van der Waals surface area contributed by atoms with E-state index in [4.69, 9.17) is 28.4 Å². The van der Waals surface area contributed by atoms with Gasteiger partial charge < -0.3 is 39.1 Å². The number of methoxy groups -OCH3 is 4. The number of ether oxygens (including phenoxy) is 6. The molecule has 2 atom stereocenters. The standard InChI is InChI=1S/C28H38N4O12/c1-17(19-13-23(39-3)25(41-5)15-21(19)31(35)36)43-27(33)29-11-9-7-8-10-12-30-28(34)44-18(2)20-14-24(40-4)26(42-6)16-22(20)32(37)38/h13-18H,7-12H2,1-6H3,(H,29,33)(H,30,34). The summed E-state index contributed by atoms with van der Waals surface area (Å²) in [6.07, 6.45) is -0.577. The van der Waals surface area contributed by atoms with Gasteiger partial charge in [-0.05, 0) is 38.8 Å². The zero-order chi connectivity index (χ0) is 32.8. The van der Waals surface area contributed by atoms with Crippen LogP contribution >= 0.6 is 0 Å². The SMILES string of the molecule is COc1cc(C(C)OC(=O)NCCCCCCNC(=O)OC(C)c2cc(OC)c(OC)cc2[N+](=O)[O-])c([N+](=O)[O-])cc1OC. The van der Waals surface area contributed by atoms with E-state index < -0.39 is 34.2 Å². The number of hydrogen-bond acceptors (Lipinski definition) is 12. The van der Waals surface area contributed by atoms with Crippen LogP contribution < -0.4 is 29.6 Å². The van der Waals surface area contributed by atoms with E-state index in [2.05, 4.69) is 10.6 Å². The van der Waals surface area contributed by atoms with Gasteiger partial charge in [0.25, 0.3) is 11.4 Å². The molecule has 16 heteroatoms. The van der Waals surface area contributed by atoms with Gasteiger partial charge in [0.2, 0.25) is 0 Å². The third-order valence-electron chi connectivity index (χ3n) is 6.54. The van der Waals surface area contributed by atoms with E-state index in [-0.39, 0.29) is 45.5 Å². The molecule has 0 saturated carbocycles. The lowest BCUT2D eigenvalue weighted by Crippen LogP contribution is -2.27. The van der Waals surface area contributed by atoms with E-state index >= 15 is 0 Å². The number of hydrogen-bond donors (Lipinski definition) is 2. The Labute approximate surface area is 254 Å². The van der Waals surface area contributed by atoms with Gasteiger partial charge in [-0.1, -0.05) is 12.8 Å². The normalized spacial score (nSPS) is 11.9. The summed E-state index contributed by atoms with van der Waals surface area (Å²) >= 11 is 0. The van der Waals surface area contributed by atoms with Crippen molar-refractivity contribution in [2.45, 2.75) is 51.7 Å². The Morgan fingerprint density at radius 2 is 0.955 bits per heavy atom. The van der Waals surface area contributed by atoms with Crippen molar-refractivity contribution in [1.29, 1.82) is 0 Å². The average Bonchev–Trinajstić information content (AvgIpc) is 3.00. The van der Waals surface area contributed by atoms with Crippen molar-refractivity contribution >= 4 is 23.6 Å². The molecule has 0 spiro atoms. The van der Waals surface area contributed by atoms with Crippen LogP contribution in [0.4, 0.5) is 21.0 Å². The second-order valence-electron chi connectivity index (χ2n) is 9.41. The van der Waals surface area contributed by atoms with Crippen molar-refractivity contribution in [1.82, 2.24) is 10.6 Å². The second kappa shape index (κ2) is 17.2. The van der Waals surface area contributed by atoms with Gasteiger partial charge >= 0.3 is 12.2 Å². The van der Waals surface area contributed by atoms with Gasteiger partial charge in [0.1, 0.15) is 12.2 Å². The summed E-state index contributed by atoms with van der Waals surface area (Å²) in [5.74, 6) is 0.899. The molecule has 0 saturated heterocycles. The van der Waals surface area contributed by atoms with E-state index in [0.29, 0.717) is 25.9 Å². The van der Waals surface area contributed by atoms with Gasteiger partial charge in [-0.2, -0.15) is 0 Å². The number of rotatable bonds is 17. The van der Waals surface area contributed by atoms with E-state index in [1.54, 1.807) is 0 Å². The number of unbranched alkanes of at least 4 members (excludes halogenated alkanes) is 3. The molecule has 16 nitrogen and oxygen atoms in total. The van der Waals surface area contributed by atoms with E-state index in [0.717, 1.165) is 12.8 Å². The van der Waals surface area contributed by atoms with Crippen molar-refractivity contribution in [3.63, 3.8) is 0 Å². The first-order chi connectivity index (χ1) is 21.0. The van der Waals surface area contributed by atoms with Crippen LogP contribution in [0, 0.1) is 20.2 Å². The molecule has 44 heavy (non-hydrogen) atoms. The lowest BCUT2D eigenvalue weighted by Gasteiger charge is -2.17. The number of nitrogens with one attached hydrogen (secondary N) is 2. The molecule has 0 aliphatic rings. The number of carbonyl (C=O) groups excluding carboxylic acids is 2. The summed E-state index contributed by atoms with van der Waals surface area (Å²) in [5.41, 5.74) is -0.218. The maximum atomic E-state index is 12.2. The molecular weight excluding hydrogens is 584 g/mol. The lowest BCUT2D eigenvalue weighted by molar-refractivity contribution is -0.386. The molecule has 2 aromatic carbocycles. The predicted octanol–water partition coefficient (Wildman–Crippen LogP) is 5.37. The Hall–Kier alpha value is -5.02. The maximum absolute atomic E-state index is 12.2. The number of benzene rings is 2. The van der Waals surface area contributed by atoms with Crippen molar-refractivity contribution in [2.24, 2.45) is 0 Å². The minimum Gasteiger partial charge on any atom is -0.493 e. The van der Waals surface area contributed by atoms with Crippen LogP contribution in [-0.2, 0) is 9.47 Å². The molecule has 2 aromatic rings. The summed E-state index contributed by atoms with van der Waals surface area (Å²) in [5, 5.41) is 28.3. The summed E-state index contributed by atoms with van der Waals surface area (Å²) in [6.45, 7) is 3.66. The molecule has 0 radical (unpaired) electrons. The Kier molecular flexibility index (Phi) is 13.7. The number of nitro benzene ring substituents is 2. The number of amides is 2. The van der Waals surface area contributed by atoms with Crippen LogP contribution in [0.3, 0.4) is 0 Å². The van der Waals surface area contributed by atoms with Crippen molar-refractivity contribution in [3.05, 3.63) is 55.6 Å². The first-order valence-electron chi connectivity index (χ1n) is 13.7. The first-order valence-corrected chi connectivity index (χ1v) is 13.7. The molecule has 2 unspecified atom stereocenters. The van der Waals surface area contributed by atoms with Crippen LogP contribution in [0.15, 0.2) is 24.3 Å². The quantitative estimate of drug-likeness (QED) is 0.130. The van der Waals surface area contributed by atoms with Crippen LogP contribution in [0.2, 0.25) is 0 Å². The summed E-state index contributed by atoms with van der Waals surface area (Å²) in [4.78, 5) is 46.3. The van der Waals surface area contributed by atoms with Crippen molar-refractivity contribution < 1.29 is 47.9 Å². The van der Waals surface area contributed by atoms with E-state index in [1.165, 1.54) is 66.6 Å². The third-order valence-corrected chi connectivity index (χ3v) is 6.54. The fourth-order valence-electron chi connectivity index (χ4n) is 4.25. The topological polar surface area (TPSA) is 200 Å². The van der Waals surface area contributed by atoms with Crippen molar-refractivity contribution in [3.8, 4) is 23.0 Å². The summed E-state index contributed by atoms with van der Waals surface area (Å²) in [6, 6.07) is 5.23. The number of nitrogens with zero attached hydrogens (tertiary/aromatic N) is 2. The predicted molar refractivity (Wildman–Crippen MR) is 157 cm³/mol. The molecule has 0 fully saturated rings. The highest BCUT2D eigenvalue weighted by Crippen LogP contribution is 2.39. The number of carbonyl (C=O) groups is 2. The highest BCUT2D eigenvalue weighted by Gasteiger charge is 2.27. The molecule has 0 aliphatic carbocycles. The smallest absolute Gasteiger partial charge is 0.407 e. The van der Waals surface area contributed by atoms with Crippen LogP contribution in [0.1, 0.15) is 62.9 Å². The fraction of sp³-hybridized carbons (Fsp3) is 0.500. The van der Waals surface area contributed by atoms with Gasteiger partial charge in [0, 0.05) is 13.1 Å². The number of nitro groups is 2. The molecule has 0 aliphatic heterocycles. The Morgan fingerprint density at radius 3 is 1.25 bits per heavy atom. The Bertz CT molecular complexity index is 1220. The fourth-order valence-corrected chi connectivity index (χ4v) is 4.25. The first kappa shape index (κ1) is 35.2. The number of alkyl carbamates (subject to hydrolysis) is 2. The summed E-state index contributed by atoms with van der Waals surface area (Å²) < 4.78 is 31.2. The molecule has 2 amide bonds.